The molecule has 2 N–H and O–H groups in total. The van der Waals surface area contributed by atoms with Crippen molar-refractivity contribution in [2.45, 2.75) is 39.7 Å². The highest BCUT2D eigenvalue weighted by Gasteiger charge is 2.28. The Bertz CT molecular complexity index is 525. The maximum absolute atomic E-state index is 12.3. The minimum Gasteiger partial charge on any atom is -0.354 e. The van der Waals surface area contributed by atoms with Gasteiger partial charge in [-0.05, 0) is 45.7 Å². The SMILES string of the molecule is Cc1ccc(NC(=O)N2CCCC(C(=O)NC(C)C)C2)cc1. The quantitative estimate of drug-likeness (QED) is 0.902. The number of hydrogen-bond donors (Lipinski definition) is 2. The van der Waals surface area contributed by atoms with Crippen LogP contribution >= 0.6 is 0 Å². The van der Waals surface area contributed by atoms with Gasteiger partial charge in [0.05, 0.1) is 5.92 Å². The summed E-state index contributed by atoms with van der Waals surface area (Å²) in [7, 11) is 0. The zero-order valence-corrected chi connectivity index (χ0v) is 13.6. The molecule has 3 amide bonds. The molecule has 0 saturated carbocycles. The van der Waals surface area contributed by atoms with Gasteiger partial charge in [0.1, 0.15) is 0 Å². The lowest BCUT2D eigenvalue weighted by Gasteiger charge is -2.32. The van der Waals surface area contributed by atoms with E-state index in [0.29, 0.717) is 13.1 Å². The van der Waals surface area contributed by atoms with Gasteiger partial charge in [-0.2, -0.15) is 0 Å². The number of carbonyl (C=O) groups excluding carboxylic acids is 2. The van der Waals surface area contributed by atoms with Crippen LogP contribution in [0.25, 0.3) is 0 Å². The molecule has 1 aromatic carbocycles. The molecule has 0 bridgehead atoms. The van der Waals surface area contributed by atoms with Gasteiger partial charge in [0.2, 0.25) is 5.91 Å². The minimum atomic E-state index is -0.133. The summed E-state index contributed by atoms with van der Waals surface area (Å²) in [6.07, 6.45) is 1.70. The maximum atomic E-state index is 12.3. The van der Waals surface area contributed by atoms with Gasteiger partial charge in [-0.1, -0.05) is 17.7 Å². The highest BCUT2D eigenvalue weighted by Crippen LogP contribution is 2.18. The van der Waals surface area contributed by atoms with Gasteiger partial charge >= 0.3 is 6.03 Å². The molecular formula is C17H25N3O2. The Labute approximate surface area is 132 Å². The Hall–Kier alpha value is -2.04. The van der Waals surface area contributed by atoms with E-state index in [9.17, 15) is 9.59 Å². The average molecular weight is 303 g/mol. The van der Waals surface area contributed by atoms with Crippen molar-refractivity contribution >= 4 is 17.6 Å². The second-order valence-corrected chi connectivity index (χ2v) is 6.24. The molecule has 5 heteroatoms. The normalized spacial score (nSPS) is 18.2. The van der Waals surface area contributed by atoms with Crippen molar-refractivity contribution in [2.24, 2.45) is 5.92 Å². The van der Waals surface area contributed by atoms with Crippen LogP contribution in [0, 0.1) is 12.8 Å². The summed E-state index contributed by atoms with van der Waals surface area (Å²) in [5.74, 6) is -0.0669. The Morgan fingerprint density at radius 2 is 1.91 bits per heavy atom. The molecule has 0 aromatic heterocycles. The molecule has 5 nitrogen and oxygen atoms in total. The molecular weight excluding hydrogens is 278 g/mol. The van der Waals surface area contributed by atoms with Gasteiger partial charge < -0.3 is 15.5 Å². The smallest absolute Gasteiger partial charge is 0.321 e. The van der Waals surface area contributed by atoms with E-state index in [1.54, 1.807) is 4.90 Å². The number of amides is 3. The number of benzene rings is 1. The van der Waals surface area contributed by atoms with Crippen LogP contribution < -0.4 is 10.6 Å². The van der Waals surface area contributed by atoms with Crippen molar-refractivity contribution in [3.8, 4) is 0 Å². The Morgan fingerprint density at radius 1 is 1.23 bits per heavy atom. The van der Waals surface area contributed by atoms with Gasteiger partial charge in [0.15, 0.2) is 0 Å². The lowest BCUT2D eigenvalue weighted by atomic mass is 9.97. The van der Waals surface area contributed by atoms with E-state index in [2.05, 4.69) is 10.6 Å². The third kappa shape index (κ3) is 4.48. The largest absolute Gasteiger partial charge is 0.354 e. The Kier molecular flexibility index (Phi) is 5.41. The molecule has 1 fully saturated rings. The minimum absolute atomic E-state index is 0.0443. The number of aryl methyl sites for hydroxylation is 1. The number of rotatable bonds is 3. The van der Waals surface area contributed by atoms with Crippen molar-refractivity contribution in [2.75, 3.05) is 18.4 Å². The standard InChI is InChI=1S/C17H25N3O2/c1-12(2)18-16(21)14-5-4-10-20(11-14)17(22)19-15-8-6-13(3)7-9-15/h6-9,12,14H,4-5,10-11H2,1-3H3,(H,18,21)(H,19,22). The summed E-state index contributed by atoms with van der Waals surface area (Å²) in [5.41, 5.74) is 1.94. The van der Waals surface area contributed by atoms with Crippen molar-refractivity contribution in [1.29, 1.82) is 0 Å². The van der Waals surface area contributed by atoms with Crippen molar-refractivity contribution in [1.82, 2.24) is 10.2 Å². The van der Waals surface area contributed by atoms with E-state index in [0.717, 1.165) is 24.1 Å². The molecule has 0 aliphatic carbocycles. The second-order valence-electron chi connectivity index (χ2n) is 6.24. The summed E-state index contributed by atoms with van der Waals surface area (Å²) in [4.78, 5) is 26.2. The van der Waals surface area contributed by atoms with Crippen molar-refractivity contribution in [3.05, 3.63) is 29.8 Å². The predicted molar refractivity (Wildman–Crippen MR) is 87.8 cm³/mol. The summed E-state index contributed by atoms with van der Waals surface area (Å²) in [5, 5.41) is 5.82. The van der Waals surface area contributed by atoms with Gasteiger partial charge in [0.25, 0.3) is 0 Å². The molecule has 1 aliphatic rings. The number of likely N-dealkylation sites (tertiary alicyclic amines) is 1. The fourth-order valence-electron chi connectivity index (χ4n) is 2.62. The van der Waals surface area contributed by atoms with E-state index in [4.69, 9.17) is 0 Å². The second kappa shape index (κ2) is 7.29. The molecule has 22 heavy (non-hydrogen) atoms. The summed E-state index contributed by atoms with van der Waals surface area (Å²) in [6.45, 7) is 7.08. The number of piperidine rings is 1. The van der Waals surface area contributed by atoms with E-state index < -0.39 is 0 Å². The molecule has 120 valence electrons. The van der Waals surface area contributed by atoms with Gasteiger partial charge in [-0.3, -0.25) is 4.79 Å². The van der Waals surface area contributed by atoms with E-state index >= 15 is 0 Å². The number of carbonyl (C=O) groups is 2. The van der Waals surface area contributed by atoms with Crippen LogP contribution in [0.2, 0.25) is 0 Å². The monoisotopic (exact) mass is 303 g/mol. The molecule has 0 radical (unpaired) electrons. The van der Waals surface area contributed by atoms with E-state index in [1.807, 2.05) is 45.0 Å². The zero-order chi connectivity index (χ0) is 16.1. The summed E-state index contributed by atoms with van der Waals surface area (Å²) in [6, 6.07) is 7.70. The van der Waals surface area contributed by atoms with Crippen LogP contribution in [0.4, 0.5) is 10.5 Å². The molecule has 1 saturated heterocycles. The fourth-order valence-corrected chi connectivity index (χ4v) is 2.62. The molecule has 1 atom stereocenters. The molecule has 1 aliphatic heterocycles. The van der Waals surface area contributed by atoms with Gasteiger partial charge in [0, 0.05) is 24.8 Å². The van der Waals surface area contributed by atoms with Crippen LogP contribution in [0.15, 0.2) is 24.3 Å². The number of urea groups is 1. The fraction of sp³-hybridized carbons (Fsp3) is 0.529. The van der Waals surface area contributed by atoms with Crippen LogP contribution in [0.1, 0.15) is 32.3 Å². The third-order valence-corrected chi connectivity index (χ3v) is 3.81. The van der Waals surface area contributed by atoms with E-state index in [1.165, 1.54) is 0 Å². The first-order valence-corrected chi connectivity index (χ1v) is 7.88. The van der Waals surface area contributed by atoms with Gasteiger partial charge in [-0.15, -0.1) is 0 Å². The Balaban J connectivity index is 1.92. The van der Waals surface area contributed by atoms with E-state index in [-0.39, 0.29) is 23.9 Å². The molecule has 2 rings (SSSR count). The first kappa shape index (κ1) is 16.3. The lowest BCUT2D eigenvalue weighted by molar-refractivity contribution is -0.126. The predicted octanol–water partition coefficient (Wildman–Crippen LogP) is 2.76. The maximum Gasteiger partial charge on any atom is 0.321 e. The Morgan fingerprint density at radius 3 is 2.55 bits per heavy atom. The van der Waals surface area contributed by atoms with Gasteiger partial charge in [-0.25, -0.2) is 4.79 Å². The number of hydrogen-bond acceptors (Lipinski definition) is 2. The number of nitrogens with one attached hydrogen (secondary N) is 2. The van der Waals surface area contributed by atoms with Crippen LogP contribution in [0.3, 0.4) is 0 Å². The molecule has 1 aromatic rings. The third-order valence-electron chi connectivity index (χ3n) is 3.81. The summed E-state index contributed by atoms with van der Waals surface area (Å²) >= 11 is 0. The average Bonchev–Trinajstić information content (AvgIpc) is 2.49. The van der Waals surface area contributed by atoms with Crippen molar-refractivity contribution in [3.63, 3.8) is 0 Å². The molecule has 1 heterocycles. The van der Waals surface area contributed by atoms with Crippen LogP contribution in [0.5, 0.6) is 0 Å². The first-order valence-electron chi connectivity index (χ1n) is 7.88. The topological polar surface area (TPSA) is 61.4 Å². The molecule has 0 spiro atoms. The zero-order valence-electron chi connectivity index (χ0n) is 13.6. The number of nitrogens with zero attached hydrogens (tertiary/aromatic N) is 1. The summed E-state index contributed by atoms with van der Waals surface area (Å²) < 4.78 is 0. The molecule has 1 unspecified atom stereocenters. The highest BCUT2D eigenvalue weighted by molar-refractivity contribution is 5.90. The van der Waals surface area contributed by atoms with Crippen molar-refractivity contribution < 1.29 is 9.59 Å². The number of anilines is 1. The lowest BCUT2D eigenvalue weighted by Crippen LogP contribution is -2.47. The van der Waals surface area contributed by atoms with Crippen LogP contribution in [-0.2, 0) is 4.79 Å². The van der Waals surface area contributed by atoms with Crippen LogP contribution in [-0.4, -0.2) is 36.0 Å². The first-order chi connectivity index (χ1) is 10.5. The highest BCUT2D eigenvalue weighted by atomic mass is 16.2.